The number of fused-ring (bicyclic) bond motifs is 1. The van der Waals surface area contributed by atoms with E-state index in [4.69, 9.17) is 5.41 Å². The number of carbonyl (C=O) groups excluding carboxylic acids is 1. The van der Waals surface area contributed by atoms with Crippen LogP contribution in [0.4, 0.5) is 4.39 Å². The second kappa shape index (κ2) is 8.22. The van der Waals surface area contributed by atoms with E-state index in [-0.39, 0.29) is 17.2 Å². The maximum atomic E-state index is 13.3. The first kappa shape index (κ1) is 22.0. The number of aryl methyl sites for hydroxylation is 3. The van der Waals surface area contributed by atoms with Crippen LogP contribution in [0.15, 0.2) is 64.2 Å². The van der Waals surface area contributed by atoms with Crippen molar-refractivity contribution in [2.75, 3.05) is 0 Å². The Morgan fingerprint density at radius 2 is 1.76 bits per heavy atom. The average Bonchev–Trinajstić information content (AvgIpc) is 3.33. The maximum Gasteiger partial charge on any atom is 0.283 e. The number of hydrogen-bond donors (Lipinski definition) is 1. The van der Waals surface area contributed by atoms with Gasteiger partial charge in [-0.1, -0.05) is 17.7 Å². The number of amides is 1. The summed E-state index contributed by atoms with van der Waals surface area (Å²) in [5.41, 5.74) is 7.17. The van der Waals surface area contributed by atoms with Crippen molar-refractivity contribution in [2.45, 2.75) is 27.7 Å². The topological polar surface area (TPSA) is 73.8 Å². The van der Waals surface area contributed by atoms with Crippen LogP contribution in [0.5, 0.6) is 0 Å². The minimum atomic E-state index is -0.476. The molecule has 0 spiro atoms. The van der Waals surface area contributed by atoms with E-state index >= 15 is 0 Å². The minimum Gasteiger partial charge on any atom is -0.318 e. The summed E-state index contributed by atoms with van der Waals surface area (Å²) in [6.07, 6.45) is 1.71. The third-order valence-corrected chi connectivity index (χ3v) is 6.87. The van der Waals surface area contributed by atoms with Gasteiger partial charge >= 0.3 is 0 Å². The molecule has 34 heavy (non-hydrogen) atoms. The fraction of sp³-hybridized carbons (Fsp3) is 0.154. The molecule has 1 aromatic heterocycles. The molecular weight excluding hydrogens is 449 g/mol. The number of nitrogens with zero attached hydrogens (tertiary/aromatic N) is 4. The number of benzene rings is 2. The lowest BCUT2D eigenvalue weighted by molar-refractivity contribution is -0.114. The number of carbonyl (C=O) groups is 1. The van der Waals surface area contributed by atoms with Crippen LogP contribution in [0.25, 0.3) is 11.8 Å². The molecule has 2 aromatic carbocycles. The van der Waals surface area contributed by atoms with Gasteiger partial charge in [0.25, 0.3) is 5.91 Å². The van der Waals surface area contributed by atoms with Crippen molar-refractivity contribution in [3.63, 3.8) is 0 Å². The van der Waals surface area contributed by atoms with Crippen molar-refractivity contribution < 1.29 is 9.18 Å². The highest BCUT2D eigenvalue weighted by molar-refractivity contribution is 8.27. The molecule has 0 bridgehead atoms. The third-order valence-electron chi connectivity index (χ3n) is 5.91. The predicted molar refractivity (Wildman–Crippen MR) is 135 cm³/mol. The van der Waals surface area contributed by atoms with Crippen molar-refractivity contribution in [1.29, 1.82) is 5.41 Å². The van der Waals surface area contributed by atoms with Gasteiger partial charge in [0.05, 0.1) is 5.57 Å². The van der Waals surface area contributed by atoms with Gasteiger partial charge in [-0.2, -0.15) is 15.1 Å². The summed E-state index contributed by atoms with van der Waals surface area (Å²) in [5, 5.41) is 15.4. The first-order chi connectivity index (χ1) is 16.2. The highest BCUT2D eigenvalue weighted by Gasteiger charge is 2.36. The Morgan fingerprint density at radius 3 is 2.47 bits per heavy atom. The molecule has 3 heterocycles. The molecule has 6 nitrogen and oxygen atoms in total. The van der Waals surface area contributed by atoms with Crippen LogP contribution in [0.2, 0.25) is 0 Å². The number of hydrogen-bond acceptors (Lipinski definition) is 4. The summed E-state index contributed by atoms with van der Waals surface area (Å²) < 4.78 is 15.4. The molecule has 170 valence electrons. The quantitative estimate of drug-likeness (QED) is 0.512. The number of hydrazone groups is 1. The number of amidine groups is 2. The van der Waals surface area contributed by atoms with Crippen molar-refractivity contribution in [1.82, 2.24) is 9.58 Å². The molecule has 2 aliphatic heterocycles. The molecule has 0 unspecified atom stereocenters. The number of rotatable bonds is 3. The van der Waals surface area contributed by atoms with E-state index in [1.54, 1.807) is 18.2 Å². The van der Waals surface area contributed by atoms with Crippen LogP contribution in [0, 0.1) is 38.9 Å². The monoisotopic (exact) mass is 471 g/mol. The second-order valence-electron chi connectivity index (χ2n) is 8.38. The molecule has 0 saturated heterocycles. The maximum absolute atomic E-state index is 13.3. The van der Waals surface area contributed by atoms with E-state index in [0.29, 0.717) is 15.8 Å². The van der Waals surface area contributed by atoms with Crippen molar-refractivity contribution in [2.24, 2.45) is 10.1 Å². The first-order valence-electron chi connectivity index (χ1n) is 10.8. The Bertz CT molecular complexity index is 1460. The van der Waals surface area contributed by atoms with Crippen LogP contribution in [-0.4, -0.2) is 31.5 Å². The van der Waals surface area contributed by atoms with Crippen LogP contribution < -0.4 is 0 Å². The SMILES string of the molecule is Cc1ccc(-n2c(C)cc(/C=C3\C(=N)N4N=C(c5ccc(F)cc5)SC4=NC3=O)c2C)c(C)c1. The highest BCUT2D eigenvalue weighted by Crippen LogP contribution is 2.32. The summed E-state index contributed by atoms with van der Waals surface area (Å²) in [7, 11) is 0. The van der Waals surface area contributed by atoms with Gasteiger partial charge in [0.2, 0.25) is 5.17 Å². The lowest BCUT2D eigenvalue weighted by atomic mass is 10.1. The van der Waals surface area contributed by atoms with Gasteiger partial charge in [-0.15, -0.1) is 0 Å². The van der Waals surface area contributed by atoms with Crippen molar-refractivity contribution in [3.8, 4) is 5.69 Å². The van der Waals surface area contributed by atoms with Crippen LogP contribution >= 0.6 is 11.8 Å². The Hall–Kier alpha value is -3.78. The Morgan fingerprint density at radius 1 is 1.03 bits per heavy atom. The second-order valence-corrected chi connectivity index (χ2v) is 9.34. The van der Waals surface area contributed by atoms with Gasteiger partial charge in [0.1, 0.15) is 10.9 Å². The average molecular weight is 472 g/mol. The predicted octanol–water partition coefficient (Wildman–Crippen LogP) is 5.52. The highest BCUT2D eigenvalue weighted by atomic mass is 32.2. The summed E-state index contributed by atoms with van der Waals surface area (Å²) in [6.45, 7) is 8.17. The molecule has 1 N–H and O–H groups in total. The lowest BCUT2D eigenvalue weighted by Gasteiger charge is -2.20. The smallest absolute Gasteiger partial charge is 0.283 e. The number of aromatic nitrogens is 1. The van der Waals surface area contributed by atoms with E-state index in [9.17, 15) is 9.18 Å². The lowest BCUT2D eigenvalue weighted by Crippen LogP contribution is -2.35. The molecule has 2 aliphatic rings. The van der Waals surface area contributed by atoms with Crippen molar-refractivity contribution >= 4 is 39.8 Å². The third kappa shape index (κ3) is 3.70. The molecule has 1 amide bonds. The summed E-state index contributed by atoms with van der Waals surface area (Å²) in [4.78, 5) is 17.0. The van der Waals surface area contributed by atoms with E-state index in [0.717, 1.165) is 28.2 Å². The zero-order valence-corrected chi connectivity index (χ0v) is 20.0. The number of aliphatic imine (C=N–C) groups is 1. The Balaban J connectivity index is 1.51. The van der Waals surface area contributed by atoms with Crippen molar-refractivity contribution in [3.05, 3.63) is 93.6 Å². The minimum absolute atomic E-state index is 0.0315. The fourth-order valence-electron chi connectivity index (χ4n) is 4.22. The van der Waals surface area contributed by atoms with Crippen LogP contribution in [0.1, 0.15) is 33.6 Å². The molecule has 5 rings (SSSR count). The number of nitrogens with one attached hydrogen (secondary N) is 1. The fourth-order valence-corrected chi connectivity index (χ4v) is 5.11. The largest absolute Gasteiger partial charge is 0.318 e. The summed E-state index contributed by atoms with van der Waals surface area (Å²) >= 11 is 1.19. The normalized spacial score (nSPS) is 16.7. The van der Waals surface area contributed by atoms with Crippen LogP contribution in [-0.2, 0) is 4.79 Å². The Kier molecular flexibility index (Phi) is 5.32. The number of thioether (sulfide) groups is 1. The summed E-state index contributed by atoms with van der Waals surface area (Å²) in [6, 6.07) is 14.3. The van der Waals surface area contributed by atoms with Gasteiger partial charge < -0.3 is 4.57 Å². The first-order valence-corrected chi connectivity index (χ1v) is 11.6. The molecule has 0 fully saturated rings. The Labute approximate surface area is 201 Å². The van der Waals surface area contributed by atoms with Gasteiger partial charge in [-0.25, -0.2) is 4.39 Å². The number of halogens is 1. The zero-order valence-electron chi connectivity index (χ0n) is 19.2. The van der Waals surface area contributed by atoms with Gasteiger partial charge in [0.15, 0.2) is 5.84 Å². The van der Waals surface area contributed by atoms with Crippen LogP contribution in [0.3, 0.4) is 0 Å². The van der Waals surface area contributed by atoms with Gasteiger partial charge in [-0.3, -0.25) is 10.2 Å². The molecule has 0 saturated carbocycles. The molecular formula is C26H22FN5OS. The van der Waals surface area contributed by atoms with E-state index in [1.807, 2.05) is 19.9 Å². The van der Waals surface area contributed by atoms with E-state index in [2.05, 4.69) is 46.7 Å². The van der Waals surface area contributed by atoms with E-state index in [1.165, 1.54) is 34.5 Å². The van der Waals surface area contributed by atoms with Gasteiger partial charge in [-0.05, 0) is 93.1 Å². The standard InChI is InChI=1S/C26H22FN5OS/c1-14-5-10-22(15(2)11-14)31-16(3)12-19(17(31)4)13-21-23(28)32-26(29-24(21)33)34-25(30-32)18-6-8-20(27)9-7-18/h5-13,28H,1-4H3/b21-13+,28-23?. The molecule has 3 aromatic rings. The molecule has 0 aliphatic carbocycles. The van der Waals surface area contributed by atoms with E-state index < -0.39 is 5.91 Å². The van der Waals surface area contributed by atoms with Gasteiger partial charge in [0, 0.05) is 22.6 Å². The zero-order chi connectivity index (χ0) is 24.1. The molecule has 8 heteroatoms. The summed E-state index contributed by atoms with van der Waals surface area (Å²) in [5.74, 6) is -0.847. The molecule has 0 atom stereocenters. The molecule has 0 radical (unpaired) electrons.